The van der Waals surface area contributed by atoms with Crippen LogP contribution in [0.5, 0.6) is 0 Å². The van der Waals surface area contributed by atoms with E-state index >= 15 is 0 Å². The molecule has 0 saturated heterocycles. The van der Waals surface area contributed by atoms with Crippen LogP contribution >= 0.6 is 23.2 Å². The van der Waals surface area contributed by atoms with E-state index in [9.17, 15) is 19.2 Å². The van der Waals surface area contributed by atoms with E-state index in [1.165, 1.54) is 26.0 Å². The molecule has 2 N–H and O–H groups in total. The van der Waals surface area contributed by atoms with Gasteiger partial charge in [-0.2, -0.15) is 20.5 Å². The molecule has 52 heavy (non-hydrogen) atoms. The highest BCUT2D eigenvalue weighted by atomic mass is 35.5. The number of rotatable bonds is 15. The van der Waals surface area contributed by atoms with Crippen LogP contribution in [-0.4, -0.2) is 35.5 Å². The van der Waals surface area contributed by atoms with Gasteiger partial charge in [0.25, 0.3) is 11.8 Å². The molecule has 12 heteroatoms. The van der Waals surface area contributed by atoms with Gasteiger partial charge in [-0.25, -0.2) is 0 Å². The van der Waals surface area contributed by atoms with Crippen molar-refractivity contribution in [2.24, 2.45) is 20.5 Å². The number of aryl methyl sites for hydroxylation is 4. The fourth-order valence-corrected chi connectivity index (χ4v) is 6.36. The minimum atomic E-state index is -1.37. The van der Waals surface area contributed by atoms with Crippen molar-refractivity contribution in [2.45, 2.75) is 79.3 Å². The number of Topliss-reactive ketones (excluding diaryl/α,β-unsaturated/α-hetero) is 2. The van der Waals surface area contributed by atoms with Crippen molar-refractivity contribution in [3.63, 3.8) is 0 Å². The van der Waals surface area contributed by atoms with Gasteiger partial charge in [0.15, 0.2) is 11.6 Å². The Hall–Kier alpha value is -5.06. The highest BCUT2D eigenvalue weighted by Gasteiger charge is 2.26. The highest BCUT2D eigenvalue weighted by molar-refractivity contribution is 6.39. The fraction of sp³-hybridized carbons (Fsp3) is 0.300. The molecule has 4 aromatic carbocycles. The summed E-state index contributed by atoms with van der Waals surface area (Å²) in [6, 6.07) is 18.8. The summed E-state index contributed by atoms with van der Waals surface area (Å²) in [6.07, 6.45) is 2.85. The Labute approximate surface area is 314 Å². The van der Waals surface area contributed by atoms with Gasteiger partial charge in [0.05, 0.1) is 21.4 Å². The number of ketones is 2. The zero-order valence-corrected chi connectivity index (χ0v) is 31.6. The maximum atomic E-state index is 13.2. The molecule has 0 heterocycles. The molecule has 2 amide bonds. The number of hydrogen-bond acceptors (Lipinski definition) is 8. The molecule has 2 unspecified atom stereocenters. The molecule has 0 saturated carbocycles. The number of nitrogens with zero attached hydrogens (tertiary/aromatic N) is 4. The van der Waals surface area contributed by atoms with Crippen LogP contribution in [0.1, 0.15) is 63.8 Å². The summed E-state index contributed by atoms with van der Waals surface area (Å²) in [5.74, 6) is -2.05. The Balaban J connectivity index is 1.50. The van der Waals surface area contributed by atoms with Crippen molar-refractivity contribution >= 4 is 69.3 Å². The normalized spacial score (nSPS) is 12.5. The molecule has 4 rings (SSSR count). The smallest absolute Gasteiger partial charge is 0.258 e. The molecule has 0 aliphatic heterocycles. The Morgan fingerprint density at radius 3 is 1.29 bits per heavy atom. The first-order chi connectivity index (χ1) is 24.9. The molecular weight excluding hydrogens is 699 g/mol. The highest BCUT2D eigenvalue weighted by Crippen LogP contribution is 2.39. The molecular formula is C40H42Cl2N6O4. The van der Waals surface area contributed by atoms with Crippen molar-refractivity contribution in [3.05, 3.63) is 105 Å². The Kier molecular flexibility index (Phi) is 14.1. The van der Waals surface area contributed by atoms with E-state index in [0.29, 0.717) is 41.0 Å². The number of benzene rings is 4. The van der Waals surface area contributed by atoms with Crippen molar-refractivity contribution in [3.8, 4) is 11.1 Å². The lowest BCUT2D eigenvalue weighted by Gasteiger charge is -2.16. The number of carbonyl (C=O) groups excluding carboxylic acids is 4. The maximum absolute atomic E-state index is 13.2. The van der Waals surface area contributed by atoms with E-state index in [0.717, 1.165) is 35.1 Å². The lowest BCUT2D eigenvalue weighted by molar-refractivity contribution is -0.127. The van der Waals surface area contributed by atoms with Crippen molar-refractivity contribution < 1.29 is 19.2 Å². The maximum Gasteiger partial charge on any atom is 0.258 e. The monoisotopic (exact) mass is 740 g/mol. The molecule has 2 atom stereocenters. The van der Waals surface area contributed by atoms with E-state index in [4.69, 9.17) is 23.2 Å². The Morgan fingerprint density at radius 2 is 0.942 bits per heavy atom. The van der Waals surface area contributed by atoms with Crippen LogP contribution in [0.25, 0.3) is 11.1 Å². The average molecular weight is 742 g/mol. The second-order valence-electron chi connectivity index (χ2n) is 12.1. The van der Waals surface area contributed by atoms with E-state index in [1.54, 1.807) is 24.3 Å². The number of halogens is 2. The minimum Gasteiger partial charge on any atom is -0.323 e. The van der Waals surface area contributed by atoms with E-state index in [-0.39, 0.29) is 15.7 Å². The minimum absolute atomic E-state index is 0.257. The van der Waals surface area contributed by atoms with Gasteiger partial charge in [-0.3, -0.25) is 19.2 Å². The Bertz CT molecular complexity index is 1960. The van der Waals surface area contributed by atoms with Gasteiger partial charge < -0.3 is 10.6 Å². The third-order valence-electron chi connectivity index (χ3n) is 8.52. The molecule has 0 aliphatic rings. The van der Waals surface area contributed by atoms with Crippen molar-refractivity contribution in [1.82, 2.24) is 0 Å². The predicted octanol–water partition coefficient (Wildman–Crippen LogP) is 10.3. The van der Waals surface area contributed by atoms with Gasteiger partial charge in [-0.05, 0) is 91.6 Å². The molecule has 0 aromatic heterocycles. The molecule has 0 fully saturated rings. The first-order valence-electron chi connectivity index (χ1n) is 17.2. The molecule has 0 aliphatic carbocycles. The fourth-order valence-electron chi connectivity index (χ4n) is 5.66. The van der Waals surface area contributed by atoms with Crippen LogP contribution in [0.2, 0.25) is 10.0 Å². The summed E-state index contributed by atoms with van der Waals surface area (Å²) in [7, 11) is 0. The third-order valence-corrected chi connectivity index (χ3v) is 9.12. The first kappa shape index (κ1) is 39.7. The van der Waals surface area contributed by atoms with Gasteiger partial charge in [0, 0.05) is 16.9 Å². The number of azo groups is 2. The second kappa shape index (κ2) is 18.4. The predicted molar refractivity (Wildman–Crippen MR) is 208 cm³/mol. The summed E-state index contributed by atoms with van der Waals surface area (Å²) in [5, 5.41) is 22.8. The van der Waals surface area contributed by atoms with Crippen molar-refractivity contribution in [2.75, 3.05) is 10.6 Å². The molecule has 0 radical (unpaired) electrons. The Morgan fingerprint density at radius 1 is 0.577 bits per heavy atom. The summed E-state index contributed by atoms with van der Waals surface area (Å²) in [4.78, 5) is 51.2. The second-order valence-corrected chi connectivity index (χ2v) is 12.9. The summed E-state index contributed by atoms with van der Waals surface area (Å²) in [5.41, 5.74) is 7.08. The molecule has 10 nitrogen and oxygen atoms in total. The van der Waals surface area contributed by atoms with Gasteiger partial charge in [0.2, 0.25) is 12.1 Å². The van der Waals surface area contributed by atoms with Gasteiger partial charge in [-0.15, -0.1) is 0 Å². The summed E-state index contributed by atoms with van der Waals surface area (Å²) >= 11 is 13.3. The molecule has 0 bridgehead atoms. The molecule has 0 spiro atoms. The third kappa shape index (κ3) is 9.63. The lowest BCUT2D eigenvalue weighted by atomic mass is 10.0. The van der Waals surface area contributed by atoms with Gasteiger partial charge in [-0.1, -0.05) is 99.4 Å². The zero-order chi connectivity index (χ0) is 37.9. The lowest BCUT2D eigenvalue weighted by Crippen LogP contribution is -2.32. The largest absolute Gasteiger partial charge is 0.323 e. The standard InChI is InChI=1S/C40H42Cl2N6O4/c1-7-25-13-11-14-26(8-2)37(25)43-39(51)35(23(5)49)47-45-30-19-17-29(18-20-30)34-32(41)21-31(22-33(34)42)46-48-36(24(6)50)40(52)44-38-27(9-3)15-12-16-28(38)10-4/h11-22,35-36H,7-10H2,1-6H3,(H,43,51)(H,44,52). The summed E-state index contributed by atoms with van der Waals surface area (Å²) in [6.45, 7) is 10.6. The van der Waals surface area contributed by atoms with Crippen molar-refractivity contribution in [1.29, 1.82) is 0 Å². The van der Waals surface area contributed by atoms with E-state index in [1.807, 2.05) is 64.1 Å². The van der Waals surface area contributed by atoms with Crippen LogP contribution in [0.3, 0.4) is 0 Å². The quantitative estimate of drug-likeness (QED) is 0.0924. The molecule has 4 aromatic rings. The number of anilines is 2. The van der Waals surface area contributed by atoms with E-state index < -0.39 is 35.5 Å². The van der Waals surface area contributed by atoms with E-state index in [2.05, 4.69) is 31.1 Å². The van der Waals surface area contributed by atoms with Crippen LogP contribution in [0.4, 0.5) is 22.7 Å². The number of carbonyl (C=O) groups is 4. The average Bonchev–Trinajstić information content (AvgIpc) is 3.12. The summed E-state index contributed by atoms with van der Waals surface area (Å²) < 4.78 is 0. The van der Waals surface area contributed by atoms with Gasteiger partial charge in [0.1, 0.15) is 0 Å². The number of amides is 2. The number of para-hydroxylation sites is 2. The van der Waals surface area contributed by atoms with Crippen LogP contribution in [-0.2, 0) is 44.9 Å². The van der Waals surface area contributed by atoms with Crippen LogP contribution < -0.4 is 10.6 Å². The van der Waals surface area contributed by atoms with Crippen LogP contribution in [0, 0.1) is 0 Å². The molecule has 270 valence electrons. The number of nitrogens with one attached hydrogen (secondary N) is 2. The topological polar surface area (TPSA) is 142 Å². The SMILES string of the molecule is CCc1cccc(CC)c1NC(=O)C(N=Nc1ccc(-c2c(Cl)cc(N=NC(C(C)=O)C(=O)Nc3c(CC)cccc3CC)cc2Cl)cc1)C(C)=O. The number of hydrogen-bond donors (Lipinski definition) is 2. The zero-order valence-electron chi connectivity index (χ0n) is 30.1. The van der Waals surface area contributed by atoms with Gasteiger partial charge >= 0.3 is 0 Å². The van der Waals surface area contributed by atoms with Crippen LogP contribution in [0.15, 0.2) is 93.3 Å². The first-order valence-corrected chi connectivity index (χ1v) is 17.9.